The zero-order valence-electron chi connectivity index (χ0n) is 12.6. The number of aryl methyl sites for hydroxylation is 2. The number of benzene rings is 2. The maximum absolute atomic E-state index is 11.2. The summed E-state index contributed by atoms with van der Waals surface area (Å²) in [7, 11) is 0. The molecule has 3 rings (SSSR count). The molecule has 0 amide bonds. The number of aromatic nitrogens is 1. The van der Waals surface area contributed by atoms with Crippen LogP contribution in [0, 0.1) is 13.8 Å². The van der Waals surface area contributed by atoms with E-state index in [1.165, 1.54) is 0 Å². The molecular formula is C19H19NO. The molecular weight excluding hydrogens is 258 g/mol. The molecule has 1 N–H and O–H groups in total. The second kappa shape index (κ2) is 4.97. The van der Waals surface area contributed by atoms with E-state index < -0.39 is 5.60 Å². The molecule has 0 spiro atoms. The van der Waals surface area contributed by atoms with Gasteiger partial charge < -0.3 is 5.11 Å². The number of rotatable bonds is 2. The quantitative estimate of drug-likeness (QED) is 0.764. The lowest BCUT2D eigenvalue weighted by atomic mass is 9.85. The van der Waals surface area contributed by atoms with Crippen molar-refractivity contribution in [3.8, 4) is 0 Å². The first kappa shape index (κ1) is 13.8. The van der Waals surface area contributed by atoms with Crippen molar-refractivity contribution in [3.63, 3.8) is 0 Å². The van der Waals surface area contributed by atoms with Crippen molar-refractivity contribution in [2.24, 2.45) is 0 Å². The fourth-order valence-corrected chi connectivity index (χ4v) is 2.92. The third-order valence-corrected chi connectivity index (χ3v) is 3.98. The van der Waals surface area contributed by atoms with E-state index >= 15 is 0 Å². The van der Waals surface area contributed by atoms with E-state index in [1.54, 1.807) is 6.20 Å². The van der Waals surface area contributed by atoms with Crippen LogP contribution >= 0.6 is 0 Å². The van der Waals surface area contributed by atoms with E-state index in [0.717, 1.165) is 33.0 Å². The van der Waals surface area contributed by atoms with Crippen LogP contribution in [-0.2, 0) is 5.60 Å². The third-order valence-electron chi connectivity index (χ3n) is 3.98. The molecule has 2 heteroatoms. The summed E-state index contributed by atoms with van der Waals surface area (Å²) in [6, 6.07) is 14.2. The van der Waals surface area contributed by atoms with Gasteiger partial charge in [0.05, 0.1) is 0 Å². The Labute approximate surface area is 125 Å². The van der Waals surface area contributed by atoms with Crippen LogP contribution < -0.4 is 0 Å². The predicted octanol–water partition coefficient (Wildman–Crippen LogP) is 4.11. The zero-order valence-corrected chi connectivity index (χ0v) is 12.6. The number of nitrogens with zero attached hydrogens (tertiary/aromatic N) is 1. The lowest BCUT2D eigenvalue weighted by Crippen LogP contribution is -2.23. The van der Waals surface area contributed by atoms with Gasteiger partial charge in [-0.15, -0.1) is 0 Å². The van der Waals surface area contributed by atoms with E-state index in [-0.39, 0.29) is 0 Å². The molecule has 0 aliphatic carbocycles. The summed E-state index contributed by atoms with van der Waals surface area (Å²) in [4.78, 5) is 4.29. The Morgan fingerprint density at radius 1 is 0.952 bits per heavy atom. The Morgan fingerprint density at radius 3 is 2.33 bits per heavy atom. The van der Waals surface area contributed by atoms with Gasteiger partial charge in [0.15, 0.2) is 0 Å². The normalized spacial score (nSPS) is 14.1. The van der Waals surface area contributed by atoms with Crippen molar-refractivity contribution in [3.05, 3.63) is 77.1 Å². The van der Waals surface area contributed by atoms with Crippen molar-refractivity contribution in [1.29, 1.82) is 0 Å². The fraction of sp³-hybridized carbons (Fsp3) is 0.211. The number of fused-ring (bicyclic) bond motifs is 1. The first-order valence-electron chi connectivity index (χ1n) is 7.13. The third kappa shape index (κ3) is 2.43. The molecule has 1 unspecified atom stereocenters. The highest BCUT2D eigenvalue weighted by molar-refractivity contribution is 5.85. The SMILES string of the molecule is Cc1cc(C)cc(C(C)(O)c2cncc3ccccc23)c1. The summed E-state index contributed by atoms with van der Waals surface area (Å²) >= 11 is 0. The Morgan fingerprint density at radius 2 is 1.62 bits per heavy atom. The van der Waals surface area contributed by atoms with Gasteiger partial charge in [0.25, 0.3) is 0 Å². The maximum atomic E-state index is 11.2. The van der Waals surface area contributed by atoms with Crippen molar-refractivity contribution >= 4 is 10.8 Å². The molecule has 0 saturated heterocycles. The molecule has 1 atom stereocenters. The summed E-state index contributed by atoms with van der Waals surface area (Å²) in [6.45, 7) is 5.94. The minimum Gasteiger partial charge on any atom is -0.381 e. The summed E-state index contributed by atoms with van der Waals surface area (Å²) in [5.41, 5.74) is 2.98. The minimum absolute atomic E-state index is 0.839. The number of hydrogen-bond acceptors (Lipinski definition) is 2. The first-order valence-corrected chi connectivity index (χ1v) is 7.13. The second-order valence-electron chi connectivity index (χ2n) is 5.86. The molecule has 3 aromatic rings. The fourth-order valence-electron chi connectivity index (χ4n) is 2.92. The standard InChI is InChI=1S/C19H19NO/c1-13-8-14(2)10-16(9-13)19(3,21)18-12-20-11-15-6-4-5-7-17(15)18/h4-12,21H,1-3H3. The summed E-state index contributed by atoms with van der Waals surface area (Å²) in [6.07, 6.45) is 3.59. The van der Waals surface area contributed by atoms with Crippen molar-refractivity contribution in [2.45, 2.75) is 26.4 Å². The largest absolute Gasteiger partial charge is 0.381 e. The average Bonchev–Trinajstić information content (AvgIpc) is 2.45. The monoisotopic (exact) mass is 277 g/mol. The van der Waals surface area contributed by atoms with Crippen LogP contribution in [-0.4, -0.2) is 10.1 Å². The molecule has 2 nitrogen and oxygen atoms in total. The molecule has 0 aliphatic rings. The average molecular weight is 277 g/mol. The van der Waals surface area contributed by atoms with E-state index in [0.29, 0.717) is 0 Å². The van der Waals surface area contributed by atoms with Crippen molar-refractivity contribution < 1.29 is 5.11 Å². The lowest BCUT2D eigenvalue weighted by molar-refractivity contribution is 0.103. The summed E-state index contributed by atoms with van der Waals surface area (Å²) in [5.74, 6) is 0. The minimum atomic E-state index is -1.06. The van der Waals surface area contributed by atoms with Crippen molar-refractivity contribution in [2.75, 3.05) is 0 Å². The van der Waals surface area contributed by atoms with Gasteiger partial charge in [0, 0.05) is 23.3 Å². The Kier molecular flexibility index (Phi) is 3.26. The van der Waals surface area contributed by atoms with Crippen LogP contribution in [0.4, 0.5) is 0 Å². The highest BCUT2D eigenvalue weighted by Gasteiger charge is 2.28. The molecule has 1 heterocycles. The molecule has 0 bridgehead atoms. The van der Waals surface area contributed by atoms with Gasteiger partial charge in [-0.05, 0) is 31.7 Å². The van der Waals surface area contributed by atoms with Gasteiger partial charge in [-0.25, -0.2) is 0 Å². The zero-order chi connectivity index (χ0) is 15.0. The lowest BCUT2D eigenvalue weighted by Gasteiger charge is -2.26. The molecule has 2 aromatic carbocycles. The summed E-state index contributed by atoms with van der Waals surface area (Å²) in [5, 5.41) is 13.2. The predicted molar refractivity (Wildman–Crippen MR) is 86.3 cm³/mol. The van der Waals surface area contributed by atoms with Crippen LogP contribution in [0.25, 0.3) is 10.8 Å². The number of hydrogen-bond donors (Lipinski definition) is 1. The molecule has 21 heavy (non-hydrogen) atoms. The Hall–Kier alpha value is -2.19. The molecule has 1 aromatic heterocycles. The number of pyridine rings is 1. The smallest absolute Gasteiger partial charge is 0.114 e. The maximum Gasteiger partial charge on any atom is 0.114 e. The van der Waals surface area contributed by atoms with Crippen LogP contribution in [0.1, 0.15) is 29.2 Å². The molecule has 106 valence electrons. The van der Waals surface area contributed by atoms with E-state index in [2.05, 4.69) is 11.1 Å². The van der Waals surface area contributed by atoms with E-state index in [4.69, 9.17) is 0 Å². The van der Waals surface area contributed by atoms with Gasteiger partial charge in [-0.3, -0.25) is 4.98 Å². The van der Waals surface area contributed by atoms with Gasteiger partial charge >= 0.3 is 0 Å². The highest BCUT2D eigenvalue weighted by atomic mass is 16.3. The highest BCUT2D eigenvalue weighted by Crippen LogP contribution is 2.34. The van der Waals surface area contributed by atoms with Gasteiger partial charge in [-0.1, -0.05) is 53.6 Å². The van der Waals surface area contributed by atoms with Crippen LogP contribution in [0.3, 0.4) is 0 Å². The van der Waals surface area contributed by atoms with Gasteiger partial charge in [0.2, 0.25) is 0 Å². The Balaban J connectivity index is 2.24. The molecule has 0 fully saturated rings. The van der Waals surface area contributed by atoms with Crippen LogP contribution in [0.2, 0.25) is 0 Å². The van der Waals surface area contributed by atoms with E-state index in [9.17, 15) is 5.11 Å². The molecule has 0 saturated carbocycles. The number of aliphatic hydroxyl groups is 1. The van der Waals surface area contributed by atoms with E-state index in [1.807, 2.05) is 63.4 Å². The van der Waals surface area contributed by atoms with Gasteiger partial charge in [0.1, 0.15) is 5.60 Å². The van der Waals surface area contributed by atoms with Gasteiger partial charge in [-0.2, -0.15) is 0 Å². The first-order chi connectivity index (χ1) is 9.98. The molecule has 0 aliphatic heterocycles. The second-order valence-corrected chi connectivity index (χ2v) is 5.86. The van der Waals surface area contributed by atoms with Crippen molar-refractivity contribution in [1.82, 2.24) is 4.98 Å². The topological polar surface area (TPSA) is 33.1 Å². The van der Waals surface area contributed by atoms with Crippen LogP contribution in [0.15, 0.2) is 54.9 Å². The molecule has 0 radical (unpaired) electrons. The summed E-state index contributed by atoms with van der Waals surface area (Å²) < 4.78 is 0. The van der Waals surface area contributed by atoms with Crippen LogP contribution in [0.5, 0.6) is 0 Å². The Bertz CT molecular complexity index is 780.